The standard InChI is InChI=1S/C11H14BrN3O4S/c12-8-2-1-7(13)5-10(8)20(17,18)15-3-4-19-6-9(15)11(14)16/h1-2,5,9H,3-4,6,13H2,(H2,14,16). The van der Waals surface area contributed by atoms with Crippen molar-refractivity contribution in [2.75, 3.05) is 25.5 Å². The third-order valence-electron chi connectivity index (χ3n) is 2.95. The Labute approximate surface area is 125 Å². The van der Waals surface area contributed by atoms with Gasteiger partial charge in [-0.2, -0.15) is 4.31 Å². The van der Waals surface area contributed by atoms with Crippen LogP contribution in [0.3, 0.4) is 0 Å². The van der Waals surface area contributed by atoms with Crippen LogP contribution in [-0.4, -0.2) is 44.4 Å². The summed E-state index contributed by atoms with van der Waals surface area (Å²) >= 11 is 3.18. The fraction of sp³-hybridized carbons (Fsp3) is 0.364. The number of carbonyl (C=O) groups excluding carboxylic acids is 1. The zero-order valence-electron chi connectivity index (χ0n) is 10.5. The van der Waals surface area contributed by atoms with Crippen LogP contribution in [0.2, 0.25) is 0 Å². The van der Waals surface area contributed by atoms with Crippen LogP contribution in [0.4, 0.5) is 5.69 Å². The first-order valence-corrected chi connectivity index (χ1v) is 8.01. The highest BCUT2D eigenvalue weighted by Crippen LogP contribution is 2.29. The molecule has 20 heavy (non-hydrogen) atoms. The van der Waals surface area contributed by atoms with Gasteiger partial charge in [0.1, 0.15) is 6.04 Å². The van der Waals surface area contributed by atoms with Crippen LogP contribution < -0.4 is 11.5 Å². The largest absolute Gasteiger partial charge is 0.399 e. The van der Waals surface area contributed by atoms with Crippen LogP contribution >= 0.6 is 15.9 Å². The summed E-state index contributed by atoms with van der Waals surface area (Å²) in [4.78, 5) is 11.4. The zero-order valence-corrected chi connectivity index (χ0v) is 12.9. The van der Waals surface area contributed by atoms with Crippen LogP contribution in [0.5, 0.6) is 0 Å². The Morgan fingerprint density at radius 3 is 2.80 bits per heavy atom. The number of hydrogen-bond donors (Lipinski definition) is 2. The minimum atomic E-state index is -3.88. The van der Waals surface area contributed by atoms with Gasteiger partial charge in [-0.3, -0.25) is 4.79 Å². The molecule has 1 aromatic carbocycles. The van der Waals surface area contributed by atoms with Crippen molar-refractivity contribution in [1.82, 2.24) is 4.31 Å². The molecule has 4 N–H and O–H groups in total. The number of rotatable bonds is 3. The maximum absolute atomic E-state index is 12.7. The first kappa shape index (κ1) is 15.2. The summed E-state index contributed by atoms with van der Waals surface area (Å²) in [6.45, 7) is 0.231. The molecule has 0 spiro atoms. The highest BCUT2D eigenvalue weighted by atomic mass is 79.9. The zero-order chi connectivity index (χ0) is 14.9. The number of amides is 1. The van der Waals surface area contributed by atoms with E-state index in [0.29, 0.717) is 10.2 Å². The number of anilines is 1. The van der Waals surface area contributed by atoms with Crippen molar-refractivity contribution >= 4 is 37.5 Å². The molecular weight excluding hydrogens is 350 g/mol. The van der Waals surface area contributed by atoms with Gasteiger partial charge in [0.2, 0.25) is 15.9 Å². The maximum atomic E-state index is 12.7. The predicted molar refractivity (Wildman–Crippen MR) is 76.2 cm³/mol. The molecule has 2 rings (SSSR count). The first-order valence-electron chi connectivity index (χ1n) is 5.78. The molecule has 7 nitrogen and oxygen atoms in total. The fourth-order valence-corrected chi connectivity index (χ4v) is 4.47. The fourth-order valence-electron chi connectivity index (χ4n) is 1.94. The topological polar surface area (TPSA) is 116 Å². The monoisotopic (exact) mass is 363 g/mol. The van der Waals surface area contributed by atoms with Crippen LogP contribution in [-0.2, 0) is 19.6 Å². The molecule has 1 amide bonds. The third-order valence-corrected chi connectivity index (χ3v) is 5.85. The lowest BCUT2D eigenvalue weighted by atomic mass is 10.3. The van der Waals surface area contributed by atoms with Crippen LogP contribution in [0.15, 0.2) is 27.6 Å². The minimum Gasteiger partial charge on any atom is -0.399 e. The lowest BCUT2D eigenvalue weighted by molar-refractivity contribution is -0.125. The van der Waals surface area contributed by atoms with E-state index in [1.54, 1.807) is 12.1 Å². The molecule has 1 atom stereocenters. The third kappa shape index (κ3) is 2.80. The van der Waals surface area contributed by atoms with Crippen molar-refractivity contribution < 1.29 is 17.9 Å². The Hall–Kier alpha value is -1.16. The molecule has 1 heterocycles. The smallest absolute Gasteiger partial charge is 0.245 e. The van der Waals surface area contributed by atoms with Gasteiger partial charge < -0.3 is 16.2 Å². The van der Waals surface area contributed by atoms with E-state index in [9.17, 15) is 13.2 Å². The SMILES string of the molecule is NC(=O)C1COCCN1S(=O)(=O)c1cc(N)ccc1Br. The van der Waals surface area contributed by atoms with Gasteiger partial charge >= 0.3 is 0 Å². The number of ether oxygens (including phenoxy) is 1. The summed E-state index contributed by atoms with van der Waals surface area (Å²) in [6.07, 6.45) is 0. The molecule has 0 bridgehead atoms. The molecule has 0 aliphatic carbocycles. The van der Waals surface area contributed by atoms with E-state index in [4.69, 9.17) is 16.2 Å². The molecule has 1 saturated heterocycles. The lowest BCUT2D eigenvalue weighted by Crippen LogP contribution is -2.54. The molecule has 110 valence electrons. The second kappa shape index (κ2) is 5.68. The maximum Gasteiger partial charge on any atom is 0.245 e. The van der Waals surface area contributed by atoms with Gasteiger partial charge in [-0.25, -0.2) is 8.42 Å². The molecule has 0 saturated carbocycles. The molecule has 1 aliphatic rings. The normalized spacial score (nSPS) is 20.8. The number of carbonyl (C=O) groups is 1. The number of nitrogens with two attached hydrogens (primary N) is 2. The second-order valence-electron chi connectivity index (χ2n) is 4.30. The summed E-state index contributed by atoms with van der Waals surface area (Å²) in [5.74, 6) is -0.742. The number of nitrogen functional groups attached to an aromatic ring is 1. The van der Waals surface area contributed by atoms with E-state index >= 15 is 0 Å². The van der Waals surface area contributed by atoms with E-state index in [1.165, 1.54) is 6.07 Å². The van der Waals surface area contributed by atoms with Crippen LogP contribution in [0.1, 0.15) is 0 Å². The Kier molecular flexibility index (Phi) is 4.33. The quantitative estimate of drug-likeness (QED) is 0.727. The molecule has 1 unspecified atom stereocenters. The average molecular weight is 364 g/mol. The minimum absolute atomic E-state index is 0.00523. The molecule has 9 heteroatoms. The highest BCUT2D eigenvalue weighted by Gasteiger charge is 2.38. The number of morpholine rings is 1. The summed E-state index contributed by atoms with van der Waals surface area (Å²) < 4.78 is 31.8. The van der Waals surface area contributed by atoms with Gasteiger partial charge in [-0.05, 0) is 34.1 Å². The number of primary amides is 1. The number of benzene rings is 1. The summed E-state index contributed by atoms with van der Waals surface area (Å²) in [5, 5.41) is 0. The van der Waals surface area contributed by atoms with Crippen molar-refractivity contribution in [2.45, 2.75) is 10.9 Å². The summed E-state index contributed by atoms with van der Waals surface area (Å²) in [5.41, 5.74) is 11.2. The van der Waals surface area contributed by atoms with Gasteiger partial charge in [-0.15, -0.1) is 0 Å². The highest BCUT2D eigenvalue weighted by molar-refractivity contribution is 9.10. The van der Waals surface area contributed by atoms with E-state index in [1.807, 2.05) is 0 Å². The van der Waals surface area contributed by atoms with Crippen molar-refractivity contribution in [3.8, 4) is 0 Å². The Balaban J connectivity index is 2.47. The van der Waals surface area contributed by atoms with Gasteiger partial charge in [0.15, 0.2) is 0 Å². The van der Waals surface area contributed by atoms with Gasteiger partial charge in [0.05, 0.1) is 18.1 Å². The molecule has 1 aromatic rings. The number of hydrogen-bond acceptors (Lipinski definition) is 5. The number of sulfonamides is 1. The molecule has 0 aromatic heterocycles. The van der Waals surface area contributed by atoms with E-state index in [2.05, 4.69) is 15.9 Å². The number of nitrogens with zero attached hydrogens (tertiary/aromatic N) is 1. The average Bonchev–Trinajstić information content (AvgIpc) is 2.41. The number of halogens is 1. The van der Waals surface area contributed by atoms with Crippen molar-refractivity contribution in [2.24, 2.45) is 5.73 Å². The second-order valence-corrected chi connectivity index (χ2v) is 7.01. The molecule has 1 fully saturated rings. The first-order chi connectivity index (χ1) is 9.34. The Morgan fingerprint density at radius 1 is 1.45 bits per heavy atom. The molecular formula is C11H14BrN3O4S. The molecule has 0 radical (unpaired) electrons. The summed E-state index contributed by atoms with van der Waals surface area (Å²) in [6, 6.07) is 3.45. The van der Waals surface area contributed by atoms with Gasteiger partial charge in [0, 0.05) is 16.7 Å². The van der Waals surface area contributed by atoms with Crippen molar-refractivity contribution in [3.05, 3.63) is 22.7 Å². The van der Waals surface area contributed by atoms with Crippen LogP contribution in [0.25, 0.3) is 0 Å². The van der Waals surface area contributed by atoms with Gasteiger partial charge in [-0.1, -0.05) is 0 Å². The molecule has 1 aliphatic heterocycles. The summed E-state index contributed by atoms with van der Waals surface area (Å²) in [7, 11) is -3.88. The van der Waals surface area contributed by atoms with Crippen LogP contribution in [0, 0.1) is 0 Å². The van der Waals surface area contributed by atoms with E-state index in [-0.39, 0.29) is 24.7 Å². The van der Waals surface area contributed by atoms with E-state index in [0.717, 1.165) is 4.31 Å². The Morgan fingerprint density at radius 2 is 2.15 bits per heavy atom. The van der Waals surface area contributed by atoms with Crippen molar-refractivity contribution in [3.63, 3.8) is 0 Å². The van der Waals surface area contributed by atoms with Crippen molar-refractivity contribution in [1.29, 1.82) is 0 Å². The predicted octanol–water partition coefficient (Wildman–Crippen LogP) is -0.0939. The van der Waals surface area contributed by atoms with E-state index < -0.39 is 22.0 Å². The lowest BCUT2D eigenvalue weighted by Gasteiger charge is -2.32. The Bertz CT molecular complexity index is 635. The van der Waals surface area contributed by atoms with Gasteiger partial charge in [0.25, 0.3) is 0 Å².